The summed E-state index contributed by atoms with van der Waals surface area (Å²) >= 11 is 0. The van der Waals surface area contributed by atoms with E-state index in [0.717, 1.165) is 12.1 Å². The molecule has 0 bridgehead atoms. The van der Waals surface area contributed by atoms with Gasteiger partial charge in [0.25, 0.3) is 0 Å². The van der Waals surface area contributed by atoms with E-state index >= 15 is 0 Å². The normalized spacial score (nSPS) is 12.2. The Balaban J connectivity index is 3.11. The lowest BCUT2D eigenvalue weighted by atomic mass is 9.90. The fourth-order valence-electron chi connectivity index (χ4n) is 0.985. The summed E-state index contributed by atoms with van der Waals surface area (Å²) in [6, 6.07) is 1.67. The van der Waals surface area contributed by atoms with Crippen LogP contribution in [0.3, 0.4) is 0 Å². The zero-order valence-corrected chi connectivity index (χ0v) is 7.36. The number of rotatable bonds is 2. The van der Waals surface area contributed by atoms with Gasteiger partial charge in [-0.1, -0.05) is 6.08 Å². The van der Waals surface area contributed by atoms with Crippen molar-refractivity contribution in [3.05, 3.63) is 23.7 Å². The van der Waals surface area contributed by atoms with Gasteiger partial charge in [-0.2, -0.15) is 0 Å². The largest absolute Gasteiger partial charge is 0.508 e. The van der Waals surface area contributed by atoms with E-state index in [0.29, 0.717) is 6.08 Å². The average molecular weight is 219 g/mol. The third kappa shape index (κ3) is 3.12. The first kappa shape index (κ1) is 11.3. The molecule has 0 aliphatic carbocycles. The molecule has 0 saturated heterocycles. The highest BCUT2D eigenvalue weighted by molar-refractivity contribution is 6.64. The summed E-state index contributed by atoms with van der Waals surface area (Å²) in [5, 5.41) is 27.2. The molecule has 82 valence electrons. The SMILES string of the molecule is Oc1cc(O)c(/C=C/[B-](F)(F)F)c(O)c1. The first-order valence-electron chi connectivity index (χ1n) is 3.94. The van der Waals surface area contributed by atoms with Gasteiger partial charge in [-0.15, -0.1) is 5.98 Å². The molecule has 7 heteroatoms. The minimum atomic E-state index is -5.13. The summed E-state index contributed by atoms with van der Waals surface area (Å²) in [5.74, 6) is -1.74. The van der Waals surface area contributed by atoms with Crippen LogP contribution in [0.2, 0.25) is 0 Å². The quantitative estimate of drug-likeness (QED) is 0.668. The zero-order chi connectivity index (χ0) is 11.6. The van der Waals surface area contributed by atoms with Crippen LogP contribution in [-0.2, 0) is 0 Å². The molecule has 0 spiro atoms. The molecule has 0 aliphatic rings. The Morgan fingerprint density at radius 2 is 1.47 bits per heavy atom. The number of benzene rings is 1. The number of aromatic hydroxyl groups is 3. The zero-order valence-electron chi connectivity index (χ0n) is 7.36. The first-order valence-corrected chi connectivity index (χ1v) is 3.94. The van der Waals surface area contributed by atoms with Crippen LogP contribution >= 0.6 is 0 Å². The van der Waals surface area contributed by atoms with Gasteiger partial charge < -0.3 is 28.3 Å². The highest BCUT2D eigenvalue weighted by Crippen LogP contribution is 2.33. The molecule has 0 amide bonds. The lowest BCUT2D eigenvalue weighted by molar-refractivity contribution is 0.426. The standard InChI is InChI=1S/C8H7BF3O3/c10-9(11,12)2-1-6-7(14)3-5(13)4-8(6)15/h1-4,13-15H/q-1/b2-1+. The number of hydrogen-bond acceptors (Lipinski definition) is 3. The Bertz CT molecular complexity index is 378. The van der Waals surface area contributed by atoms with Gasteiger partial charge in [-0.25, -0.2) is 0 Å². The molecule has 0 aromatic heterocycles. The Kier molecular flexibility index (Phi) is 2.83. The van der Waals surface area contributed by atoms with Gasteiger partial charge in [0.2, 0.25) is 0 Å². The van der Waals surface area contributed by atoms with E-state index in [4.69, 9.17) is 15.3 Å². The molecule has 0 radical (unpaired) electrons. The Morgan fingerprint density at radius 3 is 1.87 bits per heavy atom. The van der Waals surface area contributed by atoms with Crippen LogP contribution in [0.1, 0.15) is 5.56 Å². The van der Waals surface area contributed by atoms with Crippen molar-refractivity contribution in [3.8, 4) is 17.2 Å². The van der Waals surface area contributed by atoms with Gasteiger partial charge in [0.15, 0.2) is 0 Å². The van der Waals surface area contributed by atoms with Crippen LogP contribution in [-0.4, -0.2) is 22.3 Å². The van der Waals surface area contributed by atoms with Crippen LogP contribution in [0, 0.1) is 0 Å². The summed E-state index contributed by atoms with van der Waals surface area (Å²) in [4.78, 5) is 0. The summed E-state index contributed by atoms with van der Waals surface area (Å²) in [6.07, 6.45) is 0.546. The summed E-state index contributed by atoms with van der Waals surface area (Å²) < 4.78 is 35.5. The lowest BCUT2D eigenvalue weighted by Gasteiger charge is -2.08. The molecular formula is C8H7BF3O3-. The Hall–Kier alpha value is -1.79. The second-order valence-corrected chi connectivity index (χ2v) is 2.88. The highest BCUT2D eigenvalue weighted by atomic mass is 19.4. The highest BCUT2D eigenvalue weighted by Gasteiger charge is 2.18. The predicted molar refractivity (Wildman–Crippen MR) is 49.5 cm³/mol. The second kappa shape index (κ2) is 3.76. The van der Waals surface area contributed by atoms with Gasteiger partial charge in [0.05, 0.1) is 5.56 Å². The van der Waals surface area contributed by atoms with E-state index in [1.165, 1.54) is 0 Å². The fourth-order valence-corrected chi connectivity index (χ4v) is 0.985. The fraction of sp³-hybridized carbons (Fsp3) is 0. The molecule has 3 nitrogen and oxygen atoms in total. The van der Waals surface area contributed by atoms with E-state index in [2.05, 4.69) is 0 Å². The second-order valence-electron chi connectivity index (χ2n) is 2.88. The van der Waals surface area contributed by atoms with Gasteiger partial charge in [0, 0.05) is 12.1 Å². The van der Waals surface area contributed by atoms with E-state index in [1.54, 1.807) is 0 Å². The van der Waals surface area contributed by atoms with Crippen LogP contribution in [0.25, 0.3) is 6.08 Å². The first-order chi connectivity index (χ1) is 6.79. The predicted octanol–water partition coefficient (Wildman–Crippen LogP) is 2.20. The number of phenols is 3. The molecule has 1 aromatic rings. The van der Waals surface area contributed by atoms with Crippen LogP contribution in [0.4, 0.5) is 12.9 Å². The maximum Gasteiger partial charge on any atom is 0.502 e. The minimum Gasteiger partial charge on any atom is -0.508 e. The van der Waals surface area contributed by atoms with Crippen LogP contribution in [0.15, 0.2) is 18.1 Å². The molecule has 0 fully saturated rings. The van der Waals surface area contributed by atoms with Gasteiger partial charge in [-0.05, 0) is 0 Å². The van der Waals surface area contributed by atoms with Crippen molar-refractivity contribution in [2.24, 2.45) is 0 Å². The number of halogens is 3. The third-order valence-corrected chi connectivity index (χ3v) is 1.60. The molecule has 0 unspecified atom stereocenters. The minimum absolute atomic E-state index is 0.0637. The van der Waals surface area contributed by atoms with Crippen molar-refractivity contribution < 1.29 is 28.3 Å². The van der Waals surface area contributed by atoms with E-state index in [1.807, 2.05) is 0 Å². The monoisotopic (exact) mass is 219 g/mol. The van der Waals surface area contributed by atoms with Crippen molar-refractivity contribution in [2.75, 3.05) is 0 Å². The van der Waals surface area contributed by atoms with E-state index < -0.39 is 24.2 Å². The molecule has 3 N–H and O–H groups in total. The molecule has 1 aromatic carbocycles. The molecular weight excluding hydrogens is 212 g/mol. The number of hydrogen-bond donors (Lipinski definition) is 3. The number of phenolic OH excluding ortho intramolecular Hbond substituents is 3. The van der Waals surface area contributed by atoms with E-state index in [9.17, 15) is 12.9 Å². The smallest absolute Gasteiger partial charge is 0.502 e. The molecule has 0 saturated carbocycles. The van der Waals surface area contributed by atoms with Crippen molar-refractivity contribution >= 4 is 13.1 Å². The van der Waals surface area contributed by atoms with Crippen molar-refractivity contribution in [2.45, 2.75) is 0 Å². The summed E-state index contributed by atoms with van der Waals surface area (Å²) in [7, 11) is 0. The van der Waals surface area contributed by atoms with Gasteiger partial charge in [0.1, 0.15) is 17.2 Å². The van der Waals surface area contributed by atoms with E-state index in [-0.39, 0.29) is 11.5 Å². The van der Waals surface area contributed by atoms with Crippen LogP contribution in [0.5, 0.6) is 17.2 Å². The molecule has 0 atom stereocenters. The lowest BCUT2D eigenvalue weighted by Crippen LogP contribution is -2.09. The van der Waals surface area contributed by atoms with Crippen molar-refractivity contribution in [1.82, 2.24) is 0 Å². The van der Waals surface area contributed by atoms with Gasteiger partial charge in [-0.3, -0.25) is 0 Å². The molecule has 15 heavy (non-hydrogen) atoms. The van der Waals surface area contributed by atoms with Crippen molar-refractivity contribution in [3.63, 3.8) is 0 Å². The summed E-state index contributed by atoms with van der Waals surface area (Å²) in [6.45, 7) is -5.13. The van der Waals surface area contributed by atoms with Crippen molar-refractivity contribution in [1.29, 1.82) is 0 Å². The maximum absolute atomic E-state index is 11.8. The third-order valence-electron chi connectivity index (χ3n) is 1.60. The van der Waals surface area contributed by atoms with Gasteiger partial charge >= 0.3 is 6.98 Å². The molecule has 1 rings (SSSR count). The maximum atomic E-state index is 11.8. The van der Waals surface area contributed by atoms with Crippen LogP contribution < -0.4 is 0 Å². The topological polar surface area (TPSA) is 60.7 Å². The average Bonchev–Trinajstić information content (AvgIpc) is 1.99. The Morgan fingerprint density at radius 1 is 1.00 bits per heavy atom. The summed E-state index contributed by atoms with van der Waals surface area (Å²) in [5.41, 5.74) is -0.382. The molecule has 0 heterocycles. The Labute approximate surface area is 83.2 Å². The molecule has 0 aliphatic heterocycles.